The number of aliphatic carboxylic acids is 3. The van der Waals surface area contributed by atoms with E-state index in [4.69, 9.17) is 37.1 Å². The van der Waals surface area contributed by atoms with Gasteiger partial charge in [0.25, 0.3) is 11.5 Å². The smallest absolute Gasteiger partial charge is 0.404 e. The Morgan fingerprint density at radius 1 is 0.870 bits per heavy atom. The second kappa shape index (κ2) is 27.9. The first-order chi connectivity index (χ1) is 43.6. The number of Topliss-reactive ketones (excluding diaryl/α,β-unsaturated/α-hetero) is 2. The quantitative estimate of drug-likeness (QED) is 0.00743. The molecule has 1 aromatic carbocycles. The van der Waals surface area contributed by atoms with Gasteiger partial charge in [-0.05, 0) is 50.5 Å². The molecule has 2 aromatic heterocycles. The maximum atomic E-state index is 14.0. The van der Waals surface area contributed by atoms with Crippen molar-refractivity contribution in [1.82, 2.24) is 55.9 Å². The number of guanidine groups is 1. The number of nitrogens with two attached hydrogens (primary N) is 4. The molecule has 8 rings (SSSR count). The fourth-order valence-corrected chi connectivity index (χ4v) is 12.5. The summed E-state index contributed by atoms with van der Waals surface area (Å²) in [6, 6.07) is -2.97. The second-order valence-electron chi connectivity index (χ2n) is 21.4. The zero-order valence-corrected chi connectivity index (χ0v) is 49.9. The van der Waals surface area contributed by atoms with Gasteiger partial charge >= 0.3 is 24.0 Å². The zero-order valence-electron chi connectivity index (χ0n) is 49.1. The number of nitrogens with zero attached hydrogens (tertiary/aromatic N) is 7. The van der Waals surface area contributed by atoms with Crippen LogP contribution in [-0.2, 0) is 73.5 Å². The largest absolute Gasteiger partial charge is 0.492 e. The summed E-state index contributed by atoms with van der Waals surface area (Å²) in [6.45, 7) is -0.0135. The number of methoxy groups -OCH3 is 2. The number of allylic oxidation sites excluding steroid dienone is 2. The van der Waals surface area contributed by atoms with Gasteiger partial charge in [0.2, 0.25) is 53.0 Å². The van der Waals surface area contributed by atoms with Gasteiger partial charge in [-0.1, -0.05) is 0 Å². The number of hydrogen-bond acceptors (Lipinski definition) is 25. The van der Waals surface area contributed by atoms with Gasteiger partial charge in [-0.25, -0.2) is 24.4 Å². The lowest BCUT2D eigenvalue weighted by Gasteiger charge is -2.41. The molecule has 92 heavy (non-hydrogen) atoms. The van der Waals surface area contributed by atoms with Crippen LogP contribution in [-0.4, -0.2) is 226 Å². The number of primary amides is 1. The zero-order chi connectivity index (χ0) is 67.2. The molecule has 3 aromatic rings. The minimum atomic E-state index is -2.01. The molecular weight excluding hydrogens is 1240 g/mol. The highest BCUT2D eigenvalue weighted by Crippen LogP contribution is 2.60. The van der Waals surface area contributed by atoms with Crippen molar-refractivity contribution >= 4 is 117 Å². The van der Waals surface area contributed by atoms with Crippen LogP contribution >= 0.6 is 11.8 Å². The average Bonchev–Trinajstić information content (AvgIpc) is 1.49. The lowest BCUT2D eigenvalue weighted by Crippen LogP contribution is -2.56. The summed E-state index contributed by atoms with van der Waals surface area (Å²) in [6.07, 6.45) is -2.87. The number of hydrogen-bond donors (Lipinski definition) is 13. The molecule has 5 aliphatic rings. The number of aromatic amines is 1. The van der Waals surface area contributed by atoms with Crippen LogP contribution in [0.2, 0.25) is 0 Å². The lowest BCUT2D eigenvalue weighted by atomic mass is 9.83. The fraction of sp³-hybridized carbons (Fsp3) is 0.444. The van der Waals surface area contributed by atoms with Gasteiger partial charge in [0, 0.05) is 61.2 Å². The van der Waals surface area contributed by atoms with Crippen LogP contribution in [0.15, 0.2) is 62.9 Å². The molecule has 0 spiro atoms. The van der Waals surface area contributed by atoms with E-state index in [1.807, 2.05) is 0 Å². The molecule has 2 unspecified atom stereocenters. The van der Waals surface area contributed by atoms with Crippen LogP contribution in [0.3, 0.4) is 0 Å². The number of H-pyrrole nitrogens is 1. The van der Waals surface area contributed by atoms with Crippen molar-refractivity contribution in [2.24, 2.45) is 28.1 Å². The van der Waals surface area contributed by atoms with Crippen molar-refractivity contribution in [3.05, 3.63) is 74.7 Å². The maximum absolute atomic E-state index is 14.0. The van der Waals surface area contributed by atoms with Crippen LogP contribution < -0.4 is 55.1 Å². The number of rotatable bonds is 30. The van der Waals surface area contributed by atoms with Crippen LogP contribution in [0.5, 0.6) is 0 Å². The van der Waals surface area contributed by atoms with E-state index in [0.29, 0.717) is 28.0 Å². The van der Waals surface area contributed by atoms with E-state index in [-0.39, 0.29) is 83.7 Å². The number of benzene rings is 1. The number of amides is 8. The van der Waals surface area contributed by atoms with Gasteiger partial charge in [-0.15, -0.1) is 11.8 Å². The molecule has 37 nitrogen and oxygen atoms in total. The summed E-state index contributed by atoms with van der Waals surface area (Å²) in [5, 5.41) is 40.7. The Bertz CT molecular complexity index is 3740. The Balaban J connectivity index is 0.846. The number of anilines is 2. The van der Waals surface area contributed by atoms with Gasteiger partial charge < -0.3 is 88.8 Å². The summed E-state index contributed by atoms with van der Waals surface area (Å²) in [7, 11) is 2.46. The maximum Gasteiger partial charge on any atom is 0.404 e. The second-order valence-corrected chi connectivity index (χ2v) is 22.7. The Kier molecular flexibility index (Phi) is 20.4. The van der Waals surface area contributed by atoms with Crippen molar-refractivity contribution in [2.75, 3.05) is 57.3 Å². The number of carboxylic acids is 3. The third-order valence-corrected chi connectivity index (χ3v) is 16.9. The van der Waals surface area contributed by atoms with E-state index < -0.39 is 180 Å². The van der Waals surface area contributed by atoms with E-state index in [2.05, 4.69) is 51.5 Å². The number of thioether (sulfide) groups is 1. The molecule has 3 saturated heterocycles. The molecular formula is C54H63N17O20S. The summed E-state index contributed by atoms with van der Waals surface area (Å²) in [5.74, 6) is -15.4. The Labute approximate surface area is 522 Å². The molecule has 9 atom stereocenters. The van der Waals surface area contributed by atoms with Crippen molar-refractivity contribution in [1.29, 1.82) is 0 Å². The first kappa shape index (κ1) is 67.1. The van der Waals surface area contributed by atoms with E-state index in [1.165, 1.54) is 61.4 Å². The standard InChI is InChI=1S/C54H63N17O20S/c1-21-39(77)38-36(40(78)41(21)89-2)25(19-91-53(58)88)54(90-3)42-30(17-70(38)54)71(42)34(74)18-69-33(73)14-31(48(69)83)92-20-29(50(86)87)66-46(81)28(13-35(75)76)65-45(80)26(5-4-12-59-51(55)56)63-32(72)11-10-27(49(84)85)64-44(79)22-6-8-23(9-7-22)60-15-24-16-61-43-37(62-24)47(82)68-52(57)67-43/h6-9,16,25-31,42,60H,4-5,10-15,17-20H2,1-3H3,(H2,58,88)(H,63,72)(H,64,79)(H,65,80)(H,66,81)(H,75,76)(H,84,85)(H,86,87)(H4,55,56,59)(H3,57,61,67,68,82)/t25-,26+,27+,28+,29?,30+,31?,42+,54-,71?/m0/s1. The number of nitrogens with one attached hydrogen (secondary N) is 6. The van der Waals surface area contributed by atoms with Crippen LogP contribution in [0.1, 0.15) is 61.5 Å². The predicted molar refractivity (Wildman–Crippen MR) is 314 cm³/mol. The van der Waals surface area contributed by atoms with Crippen LogP contribution in [0.4, 0.5) is 16.4 Å². The predicted octanol–water partition coefficient (Wildman–Crippen LogP) is -4.91. The number of imide groups is 1. The van der Waals surface area contributed by atoms with Gasteiger partial charge in [0.1, 0.15) is 43.4 Å². The number of nitrogen functional groups attached to an aromatic ring is 1. The summed E-state index contributed by atoms with van der Waals surface area (Å²) in [5.41, 5.74) is 20.2. The lowest BCUT2D eigenvalue weighted by molar-refractivity contribution is -0.156. The number of carbonyl (C=O) groups excluding carboxylic acids is 10. The first-order valence-electron chi connectivity index (χ1n) is 28.0. The molecule has 38 heteroatoms. The van der Waals surface area contributed by atoms with Gasteiger partial charge in [-0.3, -0.25) is 67.6 Å². The third-order valence-electron chi connectivity index (χ3n) is 15.6. The molecule has 17 N–H and O–H groups in total. The highest BCUT2D eigenvalue weighted by molar-refractivity contribution is 8.00. The molecule has 0 bridgehead atoms. The first-order valence-corrected chi connectivity index (χ1v) is 29.0. The molecule has 1 aliphatic carbocycles. The molecule has 3 fully saturated rings. The van der Waals surface area contributed by atoms with Gasteiger partial charge in [-0.2, -0.15) is 4.98 Å². The Morgan fingerprint density at radius 3 is 2.20 bits per heavy atom. The number of aliphatic imine (C=N–C) groups is 1. The van der Waals surface area contributed by atoms with Crippen molar-refractivity contribution < 1.29 is 91.9 Å². The van der Waals surface area contributed by atoms with Crippen molar-refractivity contribution in [3.63, 3.8) is 0 Å². The SMILES string of the molecule is COC1=C(C)C(=O)C2=C(C1=O)[C@H](COC(N)=O)[C@]1(OC)[C@H]3[C@@H](CN21)N3C(=O)CN1C(=O)CC(SCC(NC(=O)[C@@H](CC(=O)O)NC(=O)[C@@H](CCCN=C(N)N)NC(=O)CC[C@@H](NC(=O)c2ccc(NCc3cnc4nc(N)[nH]c(=O)c4n3)cc2)C(=O)O)C(=O)O)C1=O. The normalized spacial score (nSPS) is 20.9. The van der Waals surface area contributed by atoms with Crippen molar-refractivity contribution in [2.45, 2.75) is 99.2 Å². The number of ketones is 2. The highest BCUT2D eigenvalue weighted by atomic mass is 32.2. The van der Waals surface area contributed by atoms with Crippen LogP contribution in [0.25, 0.3) is 11.2 Å². The van der Waals surface area contributed by atoms with E-state index >= 15 is 0 Å². The number of likely N-dealkylation sites (tertiary alicyclic amines) is 1. The molecule has 8 amide bonds. The van der Waals surface area contributed by atoms with E-state index in [1.54, 1.807) is 0 Å². The number of aromatic nitrogens is 4. The average molecular weight is 1300 g/mol. The highest BCUT2D eigenvalue weighted by Gasteiger charge is 2.77. The van der Waals surface area contributed by atoms with E-state index in [9.17, 15) is 82.4 Å². The summed E-state index contributed by atoms with van der Waals surface area (Å²) < 4.78 is 16.4. The van der Waals surface area contributed by atoms with E-state index in [0.717, 1.165) is 0 Å². The molecule has 0 saturated carbocycles. The molecule has 490 valence electrons. The molecule has 4 aliphatic heterocycles. The summed E-state index contributed by atoms with van der Waals surface area (Å²) in [4.78, 5) is 206. The number of carbonyl (C=O) groups is 13. The summed E-state index contributed by atoms with van der Waals surface area (Å²) >= 11 is 0.609. The molecule has 0 radical (unpaired) electrons. The number of fused-ring (bicyclic) bond motifs is 5. The molecule has 6 heterocycles. The van der Waals surface area contributed by atoms with Crippen molar-refractivity contribution in [3.8, 4) is 0 Å². The Morgan fingerprint density at radius 2 is 1.55 bits per heavy atom. The number of ether oxygens (including phenoxy) is 3. The van der Waals surface area contributed by atoms with Crippen LogP contribution in [0, 0.1) is 5.92 Å². The minimum Gasteiger partial charge on any atom is -0.492 e. The fourth-order valence-electron chi connectivity index (χ4n) is 11.3. The number of carboxylic acid groups (broad SMARTS) is 3. The third kappa shape index (κ3) is 14.3. The Hall–Kier alpha value is -10.8. The minimum absolute atomic E-state index is 0.00367. The van der Waals surface area contributed by atoms with Gasteiger partial charge in [0.05, 0.1) is 54.9 Å². The topological polar surface area (TPSA) is 568 Å². The monoisotopic (exact) mass is 1300 g/mol. The van der Waals surface area contributed by atoms with Gasteiger partial charge in [0.15, 0.2) is 28.6 Å². The number of piperazine rings is 1.